The molecule has 2 atom stereocenters. The molecule has 0 aliphatic carbocycles. The summed E-state index contributed by atoms with van der Waals surface area (Å²) in [7, 11) is 1.60. The highest BCUT2D eigenvalue weighted by atomic mass is 35.5. The van der Waals surface area contributed by atoms with Crippen LogP contribution in [0.4, 0.5) is 4.39 Å². The number of likely N-dealkylation sites (tertiary alicyclic amines) is 1. The molecule has 1 fully saturated rings. The number of fused-ring (bicyclic) bond motifs is 1. The van der Waals surface area contributed by atoms with Crippen molar-refractivity contribution < 1.29 is 19.0 Å². The predicted octanol–water partition coefficient (Wildman–Crippen LogP) is 6.39. The van der Waals surface area contributed by atoms with Gasteiger partial charge in [-0.2, -0.15) is 0 Å². The molecule has 1 saturated heterocycles. The number of hydrogen-bond donors (Lipinski definition) is 1. The van der Waals surface area contributed by atoms with Crippen molar-refractivity contribution in [2.45, 2.75) is 36.3 Å². The van der Waals surface area contributed by atoms with Crippen LogP contribution in [0.25, 0.3) is 10.9 Å². The van der Waals surface area contributed by atoms with E-state index < -0.39 is 5.97 Å². The number of aromatic nitrogens is 1. The number of carboxylic acids is 1. The van der Waals surface area contributed by atoms with Crippen LogP contribution in [0.3, 0.4) is 0 Å². The second kappa shape index (κ2) is 13.4. The topological polar surface area (TPSA) is 62.7 Å². The van der Waals surface area contributed by atoms with Crippen LogP contribution in [-0.4, -0.2) is 53.5 Å². The van der Waals surface area contributed by atoms with Gasteiger partial charge in [0.2, 0.25) is 0 Å². The van der Waals surface area contributed by atoms with Gasteiger partial charge in [0.15, 0.2) is 0 Å². The number of piperidine rings is 1. The van der Waals surface area contributed by atoms with E-state index in [-0.39, 0.29) is 30.6 Å². The molecule has 1 aliphatic heterocycles. The molecular formula is C26H32ClFN2O3S2. The first kappa shape index (κ1) is 27.7. The summed E-state index contributed by atoms with van der Waals surface area (Å²) < 4.78 is 21.3. The SMILES string of the molecule is COc1ccc2ncc(F)c(CCCC3CCN(CCSc4cccs4)CC3CC(=O)O)c2c1.Cl. The Morgan fingerprint density at radius 1 is 1.34 bits per heavy atom. The molecule has 2 unspecified atom stereocenters. The first-order valence-corrected chi connectivity index (χ1v) is 13.6. The van der Waals surface area contributed by atoms with Crippen molar-refractivity contribution in [1.82, 2.24) is 9.88 Å². The van der Waals surface area contributed by atoms with Crippen LogP contribution in [0.2, 0.25) is 0 Å². The maximum atomic E-state index is 14.7. The highest BCUT2D eigenvalue weighted by molar-refractivity contribution is 8.01. The standard InChI is InChI=1S/C26H31FN2O3S2.ClH/c1-32-20-7-8-24-22(15-20)21(23(27)16-28-24)5-2-4-18-9-10-29(17-19(18)14-25(30)31)11-13-34-26-6-3-12-33-26;/h3,6-8,12,15-16,18-19H,2,4-5,9-11,13-14,17H2,1H3,(H,30,31);1H. The minimum absolute atomic E-state index is 0. The Kier molecular flexibility index (Phi) is 10.6. The first-order valence-electron chi connectivity index (χ1n) is 11.7. The van der Waals surface area contributed by atoms with Crippen molar-refractivity contribution in [3.63, 3.8) is 0 Å². The molecule has 0 radical (unpaired) electrons. The normalized spacial score (nSPS) is 18.3. The molecule has 3 aromatic rings. The Bertz CT molecular complexity index is 1100. The van der Waals surface area contributed by atoms with E-state index >= 15 is 0 Å². The van der Waals surface area contributed by atoms with Crippen molar-refractivity contribution in [3.05, 3.63) is 53.3 Å². The van der Waals surface area contributed by atoms with E-state index in [1.165, 1.54) is 10.4 Å². The number of halogens is 2. The van der Waals surface area contributed by atoms with Gasteiger partial charge < -0.3 is 14.7 Å². The van der Waals surface area contributed by atoms with E-state index in [1.54, 1.807) is 18.4 Å². The molecule has 1 aromatic carbocycles. The predicted molar refractivity (Wildman–Crippen MR) is 144 cm³/mol. The number of nitrogens with zero attached hydrogens (tertiary/aromatic N) is 2. The first-order chi connectivity index (χ1) is 16.5. The summed E-state index contributed by atoms with van der Waals surface area (Å²) in [4.78, 5) is 18.2. The van der Waals surface area contributed by atoms with Crippen LogP contribution >= 0.6 is 35.5 Å². The second-order valence-electron chi connectivity index (χ2n) is 8.85. The molecular weight excluding hydrogens is 507 g/mol. The van der Waals surface area contributed by atoms with Gasteiger partial charge in [0, 0.05) is 30.6 Å². The minimum atomic E-state index is -0.733. The number of carboxylic acid groups (broad SMARTS) is 1. The lowest BCUT2D eigenvalue weighted by molar-refractivity contribution is -0.139. The van der Waals surface area contributed by atoms with Gasteiger partial charge >= 0.3 is 5.97 Å². The third kappa shape index (κ3) is 7.56. The molecule has 0 saturated carbocycles. The van der Waals surface area contributed by atoms with Gasteiger partial charge in [-0.3, -0.25) is 9.78 Å². The molecule has 0 amide bonds. The van der Waals surface area contributed by atoms with E-state index in [9.17, 15) is 14.3 Å². The molecule has 35 heavy (non-hydrogen) atoms. The Morgan fingerprint density at radius 2 is 2.20 bits per heavy atom. The molecule has 0 bridgehead atoms. The average Bonchev–Trinajstić information content (AvgIpc) is 3.34. The fourth-order valence-electron chi connectivity index (χ4n) is 4.94. The highest BCUT2D eigenvalue weighted by Gasteiger charge is 2.30. The molecule has 9 heteroatoms. The summed E-state index contributed by atoms with van der Waals surface area (Å²) in [5, 5.41) is 12.4. The maximum Gasteiger partial charge on any atom is 0.303 e. The van der Waals surface area contributed by atoms with Gasteiger partial charge in [0.25, 0.3) is 0 Å². The summed E-state index contributed by atoms with van der Waals surface area (Å²) in [5.41, 5.74) is 1.43. The van der Waals surface area contributed by atoms with Gasteiger partial charge in [-0.15, -0.1) is 35.5 Å². The Morgan fingerprint density at radius 3 is 2.94 bits per heavy atom. The summed E-state index contributed by atoms with van der Waals surface area (Å²) in [5.74, 6) is 1.17. The lowest BCUT2D eigenvalue weighted by Gasteiger charge is -2.38. The van der Waals surface area contributed by atoms with Crippen LogP contribution in [0.15, 0.2) is 46.1 Å². The smallest absolute Gasteiger partial charge is 0.303 e. The molecule has 4 rings (SSSR count). The van der Waals surface area contributed by atoms with Gasteiger partial charge in [0.05, 0.1) is 23.0 Å². The van der Waals surface area contributed by atoms with Crippen molar-refractivity contribution >= 4 is 52.4 Å². The fraction of sp³-hybridized carbons (Fsp3) is 0.462. The minimum Gasteiger partial charge on any atom is -0.497 e. The molecule has 190 valence electrons. The molecule has 0 spiro atoms. The largest absolute Gasteiger partial charge is 0.497 e. The van der Waals surface area contributed by atoms with E-state index in [2.05, 4.69) is 27.4 Å². The van der Waals surface area contributed by atoms with E-state index in [4.69, 9.17) is 4.74 Å². The summed E-state index contributed by atoms with van der Waals surface area (Å²) in [6.07, 6.45) is 4.82. The maximum absolute atomic E-state index is 14.7. The van der Waals surface area contributed by atoms with Crippen LogP contribution in [-0.2, 0) is 11.2 Å². The van der Waals surface area contributed by atoms with Gasteiger partial charge in [-0.1, -0.05) is 6.07 Å². The molecule has 2 aromatic heterocycles. The number of carbonyl (C=O) groups is 1. The number of benzene rings is 1. The molecule has 1 aliphatic rings. The quantitative estimate of drug-likeness (QED) is 0.285. The number of ether oxygens (including phenoxy) is 1. The Balaban J connectivity index is 0.00000342. The summed E-state index contributed by atoms with van der Waals surface area (Å²) in [6.45, 7) is 2.79. The third-order valence-corrected chi connectivity index (χ3v) is 8.81. The number of thioether (sulfide) groups is 1. The number of rotatable bonds is 11. The number of hydrogen-bond acceptors (Lipinski definition) is 6. The zero-order chi connectivity index (χ0) is 23.9. The number of methoxy groups -OCH3 is 1. The number of aryl methyl sites for hydroxylation is 1. The van der Waals surface area contributed by atoms with Crippen molar-refractivity contribution in [1.29, 1.82) is 0 Å². The fourth-order valence-corrected chi connectivity index (χ4v) is 6.80. The van der Waals surface area contributed by atoms with Crippen LogP contribution in [0, 0.1) is 17.7 Å². The van der Waals surface area contributed by atoms with Gasteiger partial charge in [-0.25, -0.2) is 4.39 Å². The van der Waals surface area contributed by atoms with Gasteiger partial charge in [0.1, 0.15) is 11.6 Å². The van der Waals surface area contributed by atoms with Crippen LogP contribution in [0.1, 0.15) is 31.2 Å². The zero-order valence-electron chi connectivity index (χ0n) is 19.8. The lowest BCUT2D eigenvalue weighted by atomic mass is 9.80. The number of pyridine rings is 1. The number of aliphatic carboxylic acids is 1. The number of thiophene rings is 1. The van der Waals surface area contributed by atoms with Crippen molar-refractivity contribution in [3.8, 4) is 5.75 Å². The Hall–Kier alpha value is -1.87. The summed E-state index contributed by atoms with van der Waals surface area (Å²) >= 11 is 3.62. The van der Waals surface area contributed by atoms with Crippen molar-refractivity contribution in [2.24, 2.45) is 11.8 Å². The zero-order valence-corrected chi connectivity index (χ0v) is 22.3. The molecule has 1 N–H and O–H groups in total. The molecule has 3 heterocycles. The van der Waals surface area contributed by atoms with E-state index in [0.717, 1.165) is 55.6 Å². The van der Waals surface area contributed by atoms with Crippen LogP contribution < -0.4 is 4.74 Å². The Labute approximate surface area is 220 Å². The van der Waals surface area contributed by atoms with Crippen LogP contribution in [0.5, 0.6) is 5.75 Å². The van der Waals surface area contributed by atoms with Gasteiger partial charge in [-0.05, 0) is 79.3 Å². The monoisotopic (exact) mass is 538 g/mol. The van der Waals surface area contributed by atoms with E-state index in [1.807, 2.05) is 30.0 Å². The summed E-state index contributed by atoms with van der Waals surface area (Å²) in [6, 6.07) is 9.74. The van der Waals surface area contributed by atoms with Crippen molar-refractivity contribution in [2.75, 3.05) is 32.5 Å². The van der Waals surface area contributed by atoms with E-state index in [0.29, 0.717) is 23.7 Å². The lowest BCUT2D eigenvalue weighted by Crippen LogP contribution is -2.42. The average molecular weight is 539 g/mol. The highest BCUT2D eigenvalue weighted by Crippen LogP contribution is 2.33. The third-order valence-electron chi connectivity index (χ3n) is 6.70. The molecule has 5 nitrogen and oxygen atoms in total. The second-order valence-corrected chi connectivity index (χ2v) is 11.2.